The van der Waals surface area contributed by atoms with E-state index in [1.807, 2.05) is 0 Å². The number of carbonyl (C=O) groups is 2. The first kappa shape index (κ1) is 52.9. The molecule has 0 amide bonds. The molecule has 5 nitrogen and oxygen atoms in total. The van der Waals surface area contributed by atoms with E-state index in [-0.39, 0.29) is 11.9 Å². The summed E-state index contributed by atoms with van der Waals surface area (Å²) in [5.74, 6) is 3.53. The normalized spacial score (nSPS) is 15.9. The van der Waals surface area contributed by atoms with Crippen molar-refractivity contribution in [1.29, 1.82) is 0 Å². The maximum absolute atomic E-state index is 12.4. The molecular formula is C51H99NO4. The summed E-state index contributed by atoms with van der Waals surface area (Å²) >= 11 is 0. The first-order valence-electron chi connectivity index (χ1n) is 24.8. The van der Waals surface area contributed by atoms with Crippen molar-refractivity contribution in [3.63, 3.8) is 0 Å². The van der Waals surface area contributed by atoms with Crippen molar-refractivity contribution in [3.8, 4) is 0 Å². The molecule has 1 heterocycles. The Morgan fingerprint density at radius 1 is 0.482 bits per heavy atom. The van der Waals surface area contributed by atoms with E-state index in [2.05, 4.69) is 67.2 Å². The minimum atomic E-state index is 0.00690. The number of unbranched alkanes of at least 4 members (excludes halogenated alkanes) is 14. The smallest absolute Gasteiger partial charge is 0.305 e. The molecule has 0 radical (unpaired) electrons. The predicted molar refractivity (Wildman–Crippen MR) is 242 cm³/mol. The number of ether oxygens (including phenoxy) is 2. The van der Waals surface area contributed by atoms with E-state index in [9.17, 15) is 9.59 Å². The predicted octanol–water partition coefficient (Wildman–Crippen LogP) is 15.2. The summed E-state index contributed by atoms with van der Waals surface area (Å²) in [6.45, 7) is 25.9. The second kappa shape index (κ2) is 33.7. The van der Waals surface area contributed by atoms with Crippen LogP contribution >= 0.6 is 0 Å². The quantitative estimate of drug-likeness (QED) is 0.0461. The number of hydrogen-bond donors (Lipinski definition) is 0. The summed E-state index contributed by atoms with van der Waals surface area (Å²) in [7, 11) is 0. The Hall–Kier alpha value is -1.10. The van der Waals surface area contributed by atoms with Gasteiger partial charge in [-0.15, -0.1) is 0 Å². The van der Waals surface area contributed by atoms with Crippen LogP contribution in [-0.2, 0) is 19.1 Å². The Labute approximate surface area is 350 Å². The van der Waals surface area contributed by atoms with Crippen molar-refractivity contribution in [3.05, 3.63) is 0 Å². The molecule has 56 heavy (non-hydrogen) atoms. The summed E-state index contributed by atoms with van der Waals surface area (Å²) in [6.07, 6.45) is 34.4. The third-order valence-electron chi connectivity index (χ3n) is 13.3. The van der Waals surface area contributed by atoms with E-state index >= 15 is 0 Å². The molecular weight excluding hydrogens is 691 g/mol. The molecule has 1 aliphatic heterocycles. The van der Waals surface area contributed by atoms with Gasteiger partial charge in [-0.3, -0.25) is 9.59 Å². The van der Waals surface area contributed by atoms with Gasteiger partial charge in [0.2, 0.25) is 0 Å². The van der Waals surface area contributed by atoms with Gasteiger partial charge in [0.15, 0.2) is 0 Å². The fourth-order valence-electron chi connectivity index (χ4n) is 8.71. The molecule has 0 aromatic heterocycles. The van der Waals surface area contributed by atoms with Crippen LogP contribution in [0.15, 0.2) is 0 Å². The molecule has 332 valence electrons. The van der Waals surface area contributed by atoms with Gasteiger partial charge in [-0.25, -0.2) is 0 Å². The van der Waals surface area contributed by atoms with E-state index in [1.165, 1.54) is 148 Å². The van der Waals surface area contributed by atoms with E-state index in [1.54, 1.807) is 0 Å². The third kappa shape index (κ3) is 30.0. The highest BCUT2D eigenvalue weighted by Crippen LogP contribution is 2.37. The monoisotopic (exact) mass is 790 g/mol. The van der Waals surface area contributed by atoms with Gasteiger partial charge in [-0.2, -0.15) is 0 Å². The zero-order chi connectivity index (χ0) is 41.4. The summed E-state index contributed by atoms with van der Waals surface area (Å²) in [6, 6.07) is 0. The lowest BCUT2D eigenvalue weighted by Gasteiger charge is -2.30. The number of rotatable bonds is 38. The zero-order valence-electron chi connectivity index (χ0n) is 39.4. The Morgan fingerprint density at radius 3 is 1.18 bits per heavy atom. The fraction of sp³-hybridized carbons (Fsp3) is 0.961. The molecule has 0 bridgehead atoms. The van der Waals surface area contributed by atoms with Crippen LogP contribution in [0.3, 0.4) is 0 Å². The lowest BCUT2D eigenvalue weighted by Crippen LogP contribution is -2.20. The SMILES string of the molecule is CC(C)CCC(COC(=O)CCCCCCCCCC(C)(CCCCCCCCCC(=O)OCC(CCC(C)C)C(C)C)CCCCCN1CCCC1)C(C)C. The second-order valence-electron chi connectivity index (χ2n) is 20.4. The maximum Gasteiger partial charge on any atom is 0.305 e. The van der Waals surface area contributed by atoms with Gasteiger partial charge in [0.1, 0.15) is 0 Å². The molecule has 0 N–H and O–H groups in total. The van der Waals surface area contributed by atoms with E-state index < -0.39 is 0 Å². The Bertz CT molecular complexity index is 865. The molecule has 0 aromatic rings. The molecule has 0 aliphatic carbocycles. The van der Waals surface area contributed by atoms with Gasteiger partial charge in [0, 0.05) is 12.8 Å². The lowest BCUT2D eigenvalue weighted by atomic mass is 9.76. The van der Waals surface area contributed by atoms with Crippen molar-refractivity contribution in [2.45, 2.75) is 242 Å². The second-order valence-corrected chi connectivity index (χ2v) is 20.4. The molecule has 2 atom stereocenters. The van der Waals surface area contributed by atoms with Gasteiger partial charge in [0.05, 0.1) is 13.2 Å². The Kier molecular flexibility index (Phi) is 31.8. The molecule has 1 saturated heterocycles. The minimum absolute atomic E-state index is 0.00690. The number of likely N-dealkylation sites (tertiary alicyclic amines) is 1. The number of carbonyl (C=O) groups excluding carboxylic acids is 2. The first-order chi connectivity index (χ1) is 26.8. The summed E-state index contributed by atoms with van der Waals surface area (Å²) < 4.78 is 11.4. The van der Waals surface area contributed by atoms with E-state index in [0.29, 0.717) is 67.0 Å². The van der Waals surface area contributed by atoms with Crippen molar-refractivity contribution >= 4 is 11.9 Å². The van der Waals surface area contributed by atoms with Gasteiger partial charge >= 0.3 is 11.9 Å². The van der Waals surface area contributed by atoms with Crippen LogP contribution in [0, 0.1) is 40.9 Å². The Balaban J connectivity index is 2.25. The number of hydrogen-bond acceptors (Lipinski definition) is 5. The fourth-order valence-corrected chi connectivity index (χ4v) is 8.71. The van der Waals surface area contributed by atoms with Crippen molar-refractivity contribution in [1.82, 2.24) is 4.90 Å². The van der Waals surface area contributed by atoms with E-state index in [0.717, 1.165) is 38.5 Å². The number of esters is 2. The largest absolute Gasteiger partial charge is 0.465 e. The lowest BCUT2D eigenvalue weighted by molar-refractivity contribution is -0.146. The highest BCUT2D eigenvalue weighted by molar-refractivity contribution is 5.69. The van der Waals surface area contributed by atoms with Gasteiger partial charge < -0.3 is 14.4 Å². The van der Waals surface area contributed by atoms with Gasteiger partial charge in [-0.1, -0.05) is 165 Å². The third-order valence-corrected chi connectivity index (χ3v) is 13.3. The van der Waals surface area contributed by atoms with Crippen LogP contribution in [0.1, 0.15) is 242 Å². The molecule has 1 fully saturated rings. The van der Waals surface area contributed by atoms with Crippen LogP contribution < -0.4 is 0 Å². The standard InChI is InChI=1S/C51H99NO4/c1-43(2)31-33-47(45(5)6)41-55-49(53)29-21-16-12-10-14-18-23-35-51(9,37-25-20-26-38-52-39-27-28-40-52)36-24-19-15-11-13-17-22-30-50(54)56-42-48(46(7)8)34-32-44(3)4/h43-48H,10-42H2,1-9H3. The van der Waals surface area contributed by atoms with Crippen LogP contribution in [0.2, 0.25) is 0 Å². The zero-order valence-corrected chi connectivity index (χ0v) is 39.4. The maximum atomic E-state index is 12.4. The molecule has 0 aromatic carbocycles. The van der Waals surface area contributed by atoms with Crippen molar-refractivity contribution < 1.29 is 19.1 Å². The average molecular weight is 790 g/mol. The van der Waals surface area contributed by atoms with Crippen molar-refractivity contribution in [2.24, 2.45) is 40.9 Å². The number of nitrogens with zero attached hydrogens (tertiary/aromatic N) is 1. The van der Waals surface area contributed by atoms with E-state index in [4.69, 9.17) is 9.47 Å². The van der Waals surface area contributed by atoms with Gasteiger partial charge in [0.25, 0.3) is 0 Å². The summed E-state index contributed by atoms with van der Waals surface area (Å²) in [4.78, 5) is 27.4. The van der Waals surface area contributed by atoms with Crippen LogP contribution in [0.4, 0.5) is 0 Å². The highest BCUT2D eigenvalue weighted by atomic mass is 16.5. The minimum Gasteiger partial charge on any atom is -0.465 e. The van der Waals surface area contributed by atoms with Gasteiger partial charge in [-0.05, 0) is 125 Å². The summed E-state index contributed by atoms with van der Waals surface area (Å²) in [5, 5.41) is 0. The first-order valence-corrected chi connectivity index (χ1v) is 24.8. The van der Waals surface area contributed by atoms with Crippen molar-refractivity contribution in [2.75, 3.05) is 32.8 Å². The molecule has 1 rings (SSSR count). The molecule has 5 heteroatoms. The molecule has 0 saturated carbocycles. The van der Waals surface area contributed by atoms with Crippen LogP contribution in [0.5, 0.6) is 0 Å². The summed E-state index contributed by atoms with van der Waals surface area (Å²) in [5.41, 5.74) is 0.487. The molecule has 1 aliphatic rings. The Morgan fingerprint density at radius 2 is 0.821 bits per heavy atom. The highest BCUT2D eigenvalue weighted by Gasteiger charge is 2.23. The topological polar surface area (TPSA) is 55.8 Å². The van der Waals surface area contributed by atoms with Crippen LogP contribution in [-0.4, -0.2) is 49.7 Å². The van der Waals surface area contributed by atoms with Crippen LogP contribution in [0.25, 0.3) is 0 Å². The molecule has 0 spiro atoms. The average Bonchev–Trinajstić information content (AvgIpc) is 3.66. The molecule has 2 unspecified atom stereocenters.